The molecule has 0 atom stereocenters. The zero-order valence-electron chi connectivity index (χ0n) is 14.2. The lowest BCUT2D eigenvalue weighted by molar-refractivity contribution is -0.123. The van der Waals surface area contributed by atoms with E-state index in [-0.39, 0.29) is 11.8 Å². The summed E-state index contributed by atoms with van der Waals surface area (Å²) < 4.78 is 0.963. The molecule has 0 spiro atoms. The number of rotatable bonds is 3. The van der Waals surface area contributed by atoms with Crippen LogP contribution >= 0.6 is 15.9 Å². The van der Waals surface area contributed by atoms with Crippen molar-refractivity contribution in [1.82, 2.24) is 0 Å². The Kier molecular flexibility index (Phi) is 5.44. The van der Waals surface area contributed by atoms with Gasteiger partial charge in [0.2, 0.25) is 5.91 Å². The second-order valence-electron chi connectivity index (χ2n) is 6.70. The monoisotopic (exact) mass is 388 g/mol. The highest BCUT2D eigenvalue weighted by Gasteiger charge is 2.21. The van der Waals surface area contributed by atoms with E-state index in [2.05, 4.69) is 26.6 Å². The lowest BCUT2D eigenvalue weighted by atomic mass is 9.95. The molecule has 24 heavy (non-hydrogen) atoms. The minimum atomic E-state index is -0.493. The first-order chi connectivity index (χ1) is 11.2. The Morgan fingerprint density at radius 2 is 1.71 bits per heavy atom. The molecule has 2 rings (SSSR count). The maximum absolute atomic E-state index is 12.5. The average Bonchev–Trinajstić information content (AvgIpc) is 2.49. The molecule has 0 saturated heterocycles. The van der Waals surface area contributed by atoms with Gasteiger partial charge in [0.15, 0.2) is 0 Å². The van der Waals surface area contributed by atoms with Gasteiger partial charge in [-0.05, 0) is 48.9 Å². The average molecular weight is 389 g/mol. The van der Waals surface area contributed by atoms with Gasteiger partial charge in [-0.25, -0.2) is 0 Å². The number of carbonyl (C=O) groups is 2. The molecular weight excluding hydrogens is 368 g/mol. The minimum absolute atomic E-state index is 0.0937. The predicted octanol–water partition coefficient (Wildman–Crippen LogP) is 4.99. The van der Waals surface area contributed by atoms with Gasteiger partial charge >= 0.3 is 0 Å². The van der Waals surface area contributed by atoms with Crippen LogP contribution in [0.3, 0.4) is 0 Å². The van der Waals surface area contributed by atoms with Crippen LogP contribution < -0.4 is 10.6 Å². The van der Waals surface area contributed by atoms with Crippen LogP contribution in [0.2, 0.25) is 0 Å². The van der Waals surface area contributed by atoms with Crippen molar-refractivity contribution in [3.63, 3.8) is 0 Å². The van der Waals surface area contributed by atoms with Crippen molar-refractivity contribution < 1.29 is 9.59 Å². The summed E-state index contributed by atoms with van der Waals surface area (Å²) in [5.41, 5.74) is 2.33. The molecule has 0 aliphatic heterocycles. The quantitative estimate of drug-likeness (QED) is 0.777. The Morgan fingerprint density at radius 1 is 1.00 bits per heavy atom. The summed E-state index contributed by atoms with van der Waals surface area (Å²) in [5.74, 6) is -0.309. The molecule has 0 aliphatic carbocycles. The molecule has 2 aromatic rings. The van der Waals surface area contributed by atoms with Crippen molar-refractivity contribution in [3.05, 3.63) is 58.1 Å². The van der Waals surface area contributed by atoms with Crippen LogP contribution in [0.15, 0.2) is 46.9 Å². The molecule has 5 heteroatoms. The molecule has 2 aromatic carbocycles. The number of hydrogen-bond acceptors (Lipinski definition) is 2. The summed E-state index contributed by atoms with van der Waals surface area (Å²) in [6.07, 6.45) is 0. The Bertz CT molecular complexity index is 779. The largest absolute Gasteiger partial charge is 0.326 e. The molecule has 0 fully saturated rings. The van der Waals surface area contributed by atoms with Crippen LogP contribution in [0, 0.1) is 12.3 Å². The number of anilines is 2. The molecule has 2 N–H and O–H groups in total. The van der Waals surface area contributed by atoms with Crippen LogP contribution in [0.25, 0.3) is 0 Å². The van der Waals surface area contributed by atoms with Crippen LogP contribution in [0.5, 0.6) is 0 Å². The normalized spacial score (nSPS) is 11.0. The van der Waals surface area contributed by atoms with Gasteiger partial charge in [-0.2, -0.15) is 0 Å². The number of nitrogens with one attached hydrogen (secondary N) is 2. The van der Waals surface area contributed by atoms with Crippen molar-refractivity contribution in [3.8, 4) is 0 Å². The maximum atomic E-state index is 12.5. The number of aryl methyl sites for hydroxylation is 1. The van der Waals surface area contributed by atoms with E-state index >= 15 is 0 Å². The Hall–Kier alpha value is -2.14. The molecule has 0 heterocycles. The first-order valence-electron chi connectivity index (χ1n) is 7.66. The van der Waals surface area contributed by atoms with E-state index < -0.39 is 5.41 Å². The second kappa shape index (κ2) is 7.18. The molecule has 0 radical (unpaired) electrons. The molecule has 2 amide bonds. The van der Waals surface area contributed by atoms with Crippen molar-refractivity contribution in [2.45, 2.75) is 27.7 Å². The van der Waals surface area contributed by atoms with Gasteiger partial charge in [-0.15, -0.1) is 0 Å². The molecule has 0 unspecified atom stereocenters. The van der Waals surface area contributed by atoms with E-state index in [4.69, 9.17) is 0 Å². The molecule has 0 saturated carbocycles. The van der Waals surface area contributed by atoms with E-state index in [0.717, 1.165) is 15.7 Å². The summed E-state index contributed by atoms with van der Waals surface area (Å²) in [7, 11) is 0. The summed E-state index contributed by atoms with van der Waals surface area (Å²) in [6, 6.07) is 12.6. The summed E-state index contributed by atoms with van der Waals surface area (Å²) in [5, 5.41) is 5.73. The second-order valence-corrected chi connectivity index (χ2v) is 7.61. The van der Waals surface area contributed by atoms with Gasteiger partial charge < -0.3 is 10.6 Å². The van der Waals surface area contributed by atoms with Crippen molar-refractivity contribution in [2.24, 2.45) is 5.41 Å². The van der Waals surface area contributed by atoms with E-state index in [1.807, 2.05) is 45.9 Å². The van der Waals surface area contributed by atoms with E-state index in [0.29, 0.717) is 11.3 Å². The van der Waals surface area contributed by atoms with Gasteiger partial charge in [-0.1, -0.05) is 42.8 Å². The van der Waals surface area contributed by atoms with E-state index in [1.165, 1.54) is 0 Å². The van der Waals surface area contributed by atoms with Gasteiger partial charge in [-0.3, -0.25) is 9.59 Å². The standard InChI is InChI=1S/C19H21BrN2O2/c1-12-10-14(20)8-9-16(12)22-17(23)13-6-5-7-15(11-13)21-18(24)19(2,3)4/h5-11H,1-4H3,(H,21,24)(H,22,23). The molecule has 0 aliphatic rings. The van der Waals surface area contributed by atoms with E-state index in [1.54, 1.807) is 24.3 Å². The van der Waals surface area contributed by atoms with Crippen LogP contribution in [0.4, 0.5) is 11.4 Å². The highest BCUT2D eigenvalue weighted by atomic mass is 79.9. The third-order valence-corrected chi connectivity index (χ3v) is 3.99. The topological polar surface area (TPSA) is 58.2 Å². The zero-order valence-corrected chi connectivity index (χ0v) is 15.8. The maximum Gasteiger partial charge on any atom is 0.255 e. The first-order valence-corrected chi connectivity index (χ1v) is 8.45. The smallest absolute Gasteiger partial charge is 0.255 e. The Balaban J connectivity index is 2.16. The molecule has 126 valence electrons. The number of benzene rings is 2. The van der Waals surface area contributed by atoms with Gasteiger partial charge in [0.05, 0.1) is 0 Å². The zero-order chi connectivity index (χ0) is 17.9. The fourth-order valence-corrected chi connectivity index (χ4v) is 2.49. The minimum Gasteiger partial charge on any atom is -0.326 e. The number of halogens is 1. The molecule has 0 bridgehead atoms. The third-order valence-electron chi connectivity index (χ3n) is 3.50. The van der Waals surface area contributed by atoms with Crippen molar-refractivity contribution in [2.75, 3.05) is 10.6 Å². The van der Waals surface area contributed by atoms with Crippen molar-refractivity contribution >= 4 is 39.1 Å². The Morgan fingerprint density at radius 3 is 2.33 bits per heavy atom. The highest BCUT2D eigenvalue weighted by molar-refractivity contribution is 9.10. The fourth-order valence-electron chi connectivity index (χ4n) is 2.02. The first kappa shape index (κ1) is 18.2. The van der Waals surface area contributed by atoms with E-state index in [9.17, 15) is 9.59 Å². The lowest BCUT2D eigenvalue weighted by Gasteiger charge is -2.18. The number of amides is 2. The van der Waals surface area contributed by atoms with Crippen LogP contribution in [0.1, 0.15) is 36.7 Å². The summed E-state index contributed by atoms with van der Waals surface area (Å²) in [6.45, 7) is 7.46. The van der Waals surface area contributed by atoms with Gasteiger partial charge in [0.25, 0.3) is 5.91 Å². The summed E-state index contributed by atoms with van der Waals surface area (Å²) >= 11 is 3.40. The third kappa shape index (κ3) is 4.68. The Labute approximate surface area is 150 Å². The predicted molar refractivity (Wildman–Crippen MR) is 101 cm³/mol. The van der Waals surface area contributed by atoms with Gasteiger partial charge in [0.1, 0.15) is 0 Å². The van der Waals surface area contributed by atoms with Gasteiger partial charge in [0, 0.05) is 26.8 Å². The van der Waals surface area contributed by atoms with Crippen LogP contribution in [-0.4, -0.2) is 11.8 Å². The van der Waals surface area contributed by atoms with Crippen molar-refractivity contribution in [1.29, 1.82) is 0 Å². The molecule has 4 nitrogen and oxygen atoms in total. The SMILES string of the molecule is Cc1cc(Br)ccc1NC(=O)c1cccc(NC(=O)C(C)(C)C)c1. The summed E-state index contributed by atoms with van der Waals surface area (Å²) in [4.78, 5) is 24.5. The highest BCUT2D eigenvalue weighted by Crippen LogP contribution is 2.22. The lowest BCUT2D eigenvalue weighted by Crippen LogP contribution is -2.27. The molecule has 0 aromatic heterocycles. The van der Waals surface area contributed by atoms with Crippen LogP contribution in [-0.2, 0) is 4.79 Å². The fraction of sp³-hybridized carbons (Fsp3) is 0.263. The molecular formula is C19H21BrN2O2. The number of carbonyl (C=O) groups excluding carboxylic acids is 2. The number of hydrogen-bond donors (Lipinski definition) is 2.